The number of amides is 1. The zero-order chi connectivity index (χ0) is 19.1. The third-order valence-electron chi connectivity index (χ3n) is 3.92. The largest absolute Gasteiger partial charge is 0.469 e. The second kappa shape index (κ2) is 9.04. The number of nitrogens with one attached hydrogen (secondary N) is 1. The molecular formula is C17H24N4O5. The molecule has 0 aliphatic carbocycles. The molecule has 0 saturated heterocycles. The fourth-order valence-corrected chi connectivity index (χ4v) is 2.65. The van der Waals surface area contributed by atoms with Crippen LogP contribution in [0.3, 0.4) is 0 Å². The van der Waals surface area contributed by atoms with E-state index in [0.29, 0.717) is 25.1 Å². The molecule has 26 heavy (non-hydrogen) atoms. The molecule has 0 aliphatic rings. The molecular weight excluding hydrogens is 340 g/mol. The molecule has 0 saturated carbocycles. The highest BCUT2D eigenvalue weighted by molar-refractivity contribution is 5.95. The van der Waals surface area contributed by atoms with E-state index in [4.69, 9.17) is 14.9 Å². The predicted octanol–water partition coefficient (Wildman–Crippen LogP) is 0.734. The molecule has 0 spiro atoms. The number of nitrogens with two attached hydrogens (primary N) is 1. The summed E-state index contributed by atoms with van der Waals surface area (Å²) in [5.41, 5.74) is 4.75. The number of aromatic amines is 1. The molecule has 1 amide bonds. The third kappa shape index (κ3) is 4.42. The lowest BCUT2D eigenvalue weighted by molar-refractivity contribution is -0.118. The van der Waals surface area contributed by atoms with Crippen molar-refractivity contribution in [1.29, 1.82) is 0 Å². The Kier molecular flexibility index (Phi) is 6.79. The minimum absolute atomic E-state index is 0.0250. The number of ether oxygens (including phenoxy) is 1. The molecule has 0 atom stereocenters. The molecule has 9 heteroatoms. The van der Waals surface area contributed by atoms with Crippen molar-refractivity contribution in [1.82, 2.24) is 9.55 Å². The van der Waals surface area contributed by atoms with Crippen molar-refractivity contribution in [2.24, 2.45) is 0 Å². The summed E-state index contributed by atoms with van der Waals surface area (Å²) in [6, 6.07) is 3.52. The Hall–Kier alpha value is -2.81. The molecule has 2 rings (SSSR count). The lowest BCUT2D eigenvalue weighted by atomic mass is 10.2. The molecule has 0 aromatic carbocycles. The minimum atomic E-state index is -0.692. The summed E-state index contributed by atoms with van der Waals surface area (Å²) in [6.45, 7) is 2.59. The monoisotopic (exact) mass is 364 g/mol. The zero-order valence-electron chi connectivity index (χ0n) is 15.0. The van der Waals surface area contributed by atoms with Crippen LogP contribution in [0.1, 0.15) is 25.5 Å². The first-order valence-electron chi connectivity index (χ1n) is 8.43. The van der Waals surface area contributed by atoms with E-state index in [2.05, 4.69) is 4.98 Å². The van der Waals surface area contributed by atoms with Crippen molar-refractivity contribution >= 4 is 17.4 Å². The van der Waals surface area contributed by atoms with Crippen molar-refractivity contribution < 1.29 is 13.9 Å². The third-order valence-corrected chi connectivity index (χ3v) is 3.92. The summed E-state index contributed by atoms with van der Waals surface area (Å²) in [4.78, 5) is 40.6. The van der Waals surface area contributed by atoms with Crippen LogP contribution in [0.4, 0.5) is 11.5 Å². The van der Waals surface area contributed by atoms with E-state index in [1.54, 1.807) is 12.1 Å². The molecule has 0 unspecified atom stereocenters. The van der Waals surface area contributed by atoms with Gasteiger partial charge in [0.15, 0.2) is 5.69 Å². The van der Waals surface area contributed by atoms with Gasteiger partial charge in [0.1, 0.15) is 11.6 Å². The van der Waals surface area contributed by atoms with Gasteiger partial charge in [-0.05, 0) is 18.6 Å². The Morgan fingerprint density at radius 2 is 2.19 bits per heavy atom. The van der Waals surface area contributed by atoms with Crippen LogP contribution in [0, 0.1) is 0 Å². The van der Waals surface area contributed by atoms with Crippen molar-refractivity contribution in [3.8, 4) is 0 Å². The highest BCUT2D eigenvalue weighted by Crippen LogP contribution is 2.18. The maximum Gasteiger partial charge on any atom is 0.330 e. The number of nitrogens with zero attached hydrogens (tertiary/aromatic N) is 2. The normalized spacial score (nSPS) is 10.8. The SMILES string of the molecule is CCCn1c(N)c(N(CCOC)C(=O)CCc2ccco2)c(=O)[nH]c1=O. The number of rotatable bonds is 9. The Morgan fingerprint density at radius 3 is 2.81 bits per heavy atom. The molecule has 142 valence electrons. The van der Waals surface area contributed by atoms with Crippen LogP contribution in [0.15, 0.2) is 32.4 Å². The molecule has 3 N–H and O–H groups in total. The molecule has 2 aromatic rings. The topological polar surface area (TPSA) is 124 Å². The maximum atomic E-state index is 12.7. The quantitative estimate of drug-likeness (QED) is 0.676. The average Bonchev–Trinajstić information content (AvgIpc) is 3.12. The number of anilines is 2. The Bertz CT molecular complexity index is 838. The first-order valence-corrected chi connectivity index (χ1v) is 8.43. The first-order chi connectivity index (χ1) is 12.5. The Morgan fingerprint density at radius 1 is 1.42 bits per heavy atom. The van der Waals surface area contributed by atoms with Crippen molar-refractivity contribution in [2.75, 3.05) is 30.9 Å². The van der Waals surface area contributed by atoms with Gasteiger partial charge in [0.25, 0.3) is 5.56 Å². The van der Waals surface area contributed by atoms with E-state index < -0.39 is 11.2 Å². The number of aromatic nitrogens is 2. The number of carbonyl (C=O) groups excluding carboxylic acids is 1. The van der Waals surface area contributed by atoms with Gasteiger partial charge >= 0.3 is 5.69 Å². The second-order valence-corrected chi connectivity index (χ2v) is 5.76. The summed E-state index contributed by atoms with van der Waals surface area (Å²) in [5, 5.41) is 0. The summed E-state index contributed by atoms with van der Waals surface area (Å²) in [6.07, 6.45) is 2.71. The number of methoxy groups -OCH3 is 1. The number of hydrogen-bond donors (Lipinski definition) is 2. The van der Waals surface area contributed by atoms with Gasteiger partial charge in [-0.1, -0.05) is 6.92 Å². The van der Waals surface area contributed by atoms with Crippen LogP contribution in [0.2, 0.25) is 0 Å². The molecule has 0 radical (unpaired) electrons. The Balaban J connectivity index is 2.36. The summed E-state index contributed by atoms with van der Waals surface area (Å²) in [7, 11) is 1.50. The zero-order valence-corrected chi connectivity index (χ0v) is 15.0. The van der Waals surface area contributed by atoms with Crippen molar-refractivity contribution in [2.45, 2.75) is 32.7 Å². The number of aryl methyl sites for hydroxylation is 1. The van der Waals surface area contributed by atoms with E-state index in [9.17, 15) is 14.4 Å². The number of carbonyl (C=O) groups is 1. The molecule has 0 aliphatic heterocycles. The van der Waals surface area contributed by atoms with Crippen LogP contribution in [-0.2, 0) is 22.5 Å². The number of H-pyrrole nitrogens is 1. The van der Waals surface area contributed by atoms with E-state index in [1.165, 1.54) is 22.8 Å². The highest BCUT2D eigenvalue weighted by atomic mass is 16.5. The molecule has 0 bridgehead atoms. The van der Waals surface area contributed by atoms with Gasteiger partial charge in [-0.3, -0.25) is 19.1 Å². The van der Waals surface area contributed by atoms with Crippen LogP contribution in [-0.4, -0.2) is 35.7 Å². The molecule has 2 heterocycles. The van der Waals surface area contributed by atoms with Gasteiger partial charge in [0.05, 0.1) is 12.9 Å². The predicted molar refractivity (Wildman–Crippen MR) is 97.3 cm³/mol. The lowest BCUT2D eigenvalue weighted by Crippen LogP contribution is -2.42. The lowest BCUT2D eigenvalue weighted by Gasteiger charge is -2.24. The van der Waals surface area contributed by atoms with Crippen molar-refractivity contribution in [3.05, 3.63) is 45.0 Å². The van der Waals surface area contributed by atoms with Crippen LogP contribution in [0.5, 0.6) is 0 Å². The van der Waals surface area contributed by atoms with Gasteiger partial charge in [0, 0.05) is 33.0 Å². The minimum Gasteiger partial charge on any atom is -0.469 e. The highest BCUT2D eigenvalue weighted by Gasteiger charge is 2.24. The van der Waals surface area contributed by atoms with Crippen LogP contribution >= 0.6 is 0 Å². The van der Waals surface area contributed by atoms with Gasteiger partial charge < -0.3 is 19.8 Å². The van der Waals surface area contributed by atoms with E-state index in [-0.39, 0.29) is 37.0 Å². The molecule has 0 fully saturated rings. The number of furan rings is 1. The van der Waals surface area contributed by atoms with Gasteiger partial charge in [0.2, 0.25) is 5.91 Å². The smallest absolute Gasteiger partial charge is 0.330 e. The molecule has 9 nitrogen and oxygen atoms in total. The van der Waals surface area contributed by atoms with Crippen molar-refractivity contribution in [3.63, 3.8) is 0 Å². The number of hydrogen-bond acceptors (Lipinski definition) is 6. The first kappa shape index (κ1) is 19.5. The van der Waals surface area contributed by atoms with E-state index in [0.717, 1.165) is 0 Å². The fourth-order valence-electron chi connectivity index (χ4n) is 2.65. The van der Waals surface area contributed by atoms with Gasteiger partial charge in [-0.2, -0.15) is 0 Å². The summed E-state index contributed by atoms with van der Waals surface area (Å²) < 4.78 is 11.5. The standard InChI is InChI=1S/C17H24N4O5/c1-3-8-21-15(18)14(16(23)19-17(21)24)20(9-11-25-2)13(22)7-6-12-5-4-10-26-12/h4-5,10H,3,6-9,11,18H2,1-2H3,(H,19,23,24). The average molecular weight is 364 g/mol. The van der Waals surface area contributed by atoms with Crippen LogP contribution in [0.25, 0.3) is 0 Å². The van der Waals surface area contributed by atoms with Gasteiger partial charge in [-0.25, -0.2) is 4.79 Å². The number of nitrogen functional groups attached to an aromatic ring is 1. The van der Waals surface area contributed by atoms with E-state index >= 15 is 0 Å². The summed E-state index contributed by atoms with van der Waals surface area (Å²) >= 11 is 0. The van der Waals surface area contributed by atoms with Gasteiger partial charge in [-0.15, -0.1) is 0 Å². The Labute approximate surface area is 150 Å². The maximum absolute atomic E-state index is 12.7. The second-order valence-electron chi connectivity index (χ2n) is 5.76. The fraction of sp³-hybridized carbons (Fsp3) is 0.471. The van der Waals surface area contributed by atoms with E-state index in [1.807, 2.05) is 6.92 Å². The molecule has 2 aromatic heterocycles. The van der Waals surface area contributed by atoms with Crippen LogP contribution < -0.4 is 21.9 Å². The summed E-state index contributed by atoms with van der Waals surface area (Å²) in [5.74, 6) is 0.336.